The molecule has 1 atom stereocenters. The van der Waals surface area contributed by atoms with E-state index in [0.29, 0.717) is 6.61 Å². The summed E-state index contributed by atoms with van der Waals surface area (Å²) in [4.78, 5) is 0. The van der Waals surface area contributed by atoms with Crippen LogP contribution >= 0.6 is 0 Å². The van der Waals surface area contributed by atoms with Gasteiger partial charge >= 0.3 is 0 Å². The van der Waals surface area contributed by atoms with Crippen LogP contribution in [0.3, 0.4) is 0 Å². The third-order valence-corrected chi connectivity index (χ3v) is 2.81. The minimum Gasteiger partial charge on any atom is -0.497 e. The molecule has 4 nitrogen and oxygen atoms in total. The highest BCUT2D eigenvalue weighted by Gasteiger charge is 2.08. The SMILES string of the molecule is COCCCCOc1ccc(OC)cc1CC(C)N. The van der Waals surface area contributed by atoms with Gasteiger partial charge in [-0.05, 0) is 49.9 Å². The topological polar surface area (TPSA) is 53.7 Å². The summed E-state index contributed by atoms with van der Waals surface area (Å²) >= 11 is 0. The van der Waals surface area contributed by atoms with Crippen LogP contribution in [0.1, 0.15) is 25.3 Å². The summed E-state index contributed by atoms with van der Waals surface area (Å²) < 4.78 is 16.1. The first-order valence-corrected chi connectivity index (χ1v) is 6.71. The summed E-state index contributed by atoms with van der Waals surface area (Å²) in [5.41, 5.74) is 6.96. The van der Waals surface area contributed by atoms with Crippen LogP contribution in [0.2, 0.25) is 0 Å². The Kier molecular flexibility index (Phi) is 7.30. The first-order chi connectivity index (χ1) is 9.17. The number of nitrogens with two attached hydrogens (primary N) is 1. The van der Waals surface area contributed by atoms with Gasteiger partial charge in [0.2, 0.25) is 0 Å². The summed E-state index contributed by atoms with van der Waals surface area (Å²) in [5, 5.41) is 0. The van der Waals surface area contributed by atoms with E-state index in [1.165, 1.54) is 0 Å². The molecule has 0 aliphatic carbocycles. The number of unbranched alkanes of at least 4 members (excludes halogenated alkanes) is 1. The van der Waals surface area contributed by atoms with Crippen LogP contribution in [0.4, 0.5) is 0 Å². The zero-order valence-corrected chi connectivity index (χ0v) is 12.1. The molecule has 0 aliphatic rings. The molecule has 108 valence electrons. The summed E-state index contributed by atoms with van der Waals surface area (Å²) in [7, 11) is 3.38. The Labute approximate surface area is 115 Å². The molecule has 19 heavy (non-hydrogen) atoms. The molecule has 1 rings (SSSR count). The monoisotopic (exact) mass is 267 g/mol. The standard InChI is InChI=1S/C15H25NO3/c1-12(16)10-13-11-14(18-3)6-7-15(13)19-9-5-4-8-17-2/h6-7,11-12H,4-5,8-10,16H2,1-3H3. The molecule has 1 aromatic carbocycles. The van der Waals surface area contributed by atoms with Crippen molar-refractivity contribution in [1.82, 2.24) is 0 Å². The molecule has 4 heteroatoms. The highest BCUT2D eigenvalue weighted by Crippen LogP contribution is 2.25. The van der Waals surface area contributed by atoms with E-state index in [2.05, 4.69) is 0 Å². The molecule has 2 N–H and O–H groups in total. The fraction of sp³-hybridized carbons (Fsp3) is 0.600. The van der Waals surface area contributed by atoms with E-state index in [4.69, 9.17) is 19.9 Å². The lowest BCUT2D eigenvalue weighted by atomic mass is 10.1. The molecule has 0 bridgehead atoms. The maximum Gasteiger partial charge on any atom is 0.122 e. The Bertz CT molecular complexity index is 366. The number of hydrogen-bond acceptors (Lipinski definition) is 4. The Morgan fingerprint density at radius 3 is 2.53 bits per heavy atom. The van der Waals surface area contributed by atoms with E-state index in [-0.39, 0.29) is 6.04 Å². The lowest BCUT2D eigenvalue weighted by Gasteiger charge is -2.14. The zero-order chi connectivity index (χ0) is 14.1. The van der Waals surface area contributed by atoms with E-state index in [1.54, 1.807) is 14.2 Å². The van der Waals surface area contributed by atoms with E-state index >= 15 is 0 Å². The van der Waals surface area contributed by atoms with Gasteiger partial charge in [0.1, 0.15) is 11.5 Å². The van der Waals surface area contributed by atoms with Crippen molar-refractivity contribution in [1.29, 1.82) is 0 Å². The third kappa shape index (κ3) is 5.94. The summed E-state index contributed by atoms with van der Waals surface area (Å²) in [6.45, 7) is 3.46. The second-order valence-electron chi connectivity index (χ2n) is 4.70. The van der Waals surface area contributed by atoms with Gasteiger partial charge in [0.15, 0.2) is 0 Å². The van der Waals surface area contributed by atoms with Gasteiger partial charge in [-0.2, -0.15) is 0 Å². The second kappa shape index (κ2) is 8.77. The summed E-state index contributed by atoms with van der Waals surface area (Å²) in [5.74, 6) is 1.73. The van der Waals surface area contributed by atoms with Crippen molar-refractivity contribution in [3.05, 3.63) is 23.8 Å². The van der Waals surface area contributed by atoms with Crippen LogP contribution in [0, 0.1) is 0 Å². The lowest BCUT2D eigenvalue weighted by molar-refractivity contribution is 0.184. The Morgan fingerprint density at radius 2 is 1.89 bits per heavy atom. The fourth-order valence-corrected chi connectivity index (χ4v) is 1.86. The lowest BCUT2D eigenvalue weighted by Crippen LogP contribution is -2.18. The van der Waals surface area contributed by atoms with Gasteiger partial charge in [-0.15, -0.1) is 0 Å². The van der Waals surface area contributed by atoms with Crippen LogP contribution < -0.4 is 15.2 Å². The Morgan fingerprint density at radius 1 is 1.16 bits per heavy atom. The van der Waals surface area contributed by atoms with Gasteiger partial charge < -0.3 is 19.9 Å². The fourth-order valence-electron chi connectivity index (χ4n) is 1.86. The molecular formula is C15H25NO3. The van der Waals surface area contributed by atoms with Crippen molar-refractivity contribution in [3.63, 3.8) is 0 Å². The molecule has 0 fully saturated rings. The first-order valence-electron chi connectivity index (χ1n) is 6.71. The summed E-state index contributed by atoms with van der Waals surface area (Å²) in [6, 6.07) is 5.96. The quantitative estimate of drug-likeness (QED) is 0.698. The molecule has 0 radical (unpaired) electrons. The normalized spacial score (nSPS) is 12.2. The van der Waals surface area contributed by atoms with Crippen LogP contribution in [0.25, 0.3) is 0 Å². The predicted octanol–water partition coefficient (Wildman–Crippen LogP) is 2.39. The minimum atomic E-state index is 0.1000. The third-order valence-electron chi connectivity index (χ3n) is 2.81. The van der Waals surface area contributed by atoms with E-state index in [9.17, 15) is 0 Å². The van der Waals surface area contributed by atoms with Crippen molar-refractivity contribution < 1.29 is 14.2 Å². The summed E-state index contributed by atoms with van der Waals surface area (Å²) in [6.07, 6.45) is 2.78. The number of hydrogen-bond donors (Lipinski definition) is 1. The maximum absolute atomic E-state index is 5.87. The Balaban J connectivity index is 2.59. The van der Waals surface area contributed by atoms with Gasteiger partial charge in [-0.25, -0.2) is 0 Å². The average molecular weight is 267 g/mol. The average Bonchev–Trinajstić information content (AvgIpc) is 2.39. The molecule has 1 aromatic rings. The van der Waals surface area contributed by atoms with Crippen molar-refractivity contribution in [2.24, 2.45) is 5.73 Å². The van der Waals surface area contributed by atoms with Gasteiger partial charge in [0.05, 0.1) is 13.7 Å². The van der Waals surface area contributed by atoms with Gasteiger partial charge in [-0.1, -0.05) is 0 Å². The molecular weight excluding hydrogens is 242 g/mol. The highest BCUT2D eigenvalue weighted by molar-refractivity contribution is 5.40. The van der Waals surface area contributed by atoms with E-state index in [0.717, 1.165) is 42.9 Å². The molecule has 0 saturated heterocycles. The molecule has 0 amide bonds. The largest absolute Gasteiger partial charge is 0.497 e. The highest BCUT2D eigenvalue weighted by atomic mass is 16.5. The molecule has 0 aromatic heterocycles. The van der Waals surface area contributed by atoms with Crippen LogP contribution in [0.5, 0.6) is 11.5 Å². The maximum atomic E-state index is 5.87. The van der Waals surface area contributed by atoms with Gasteiger partial charge in [0.25, 0.3) is 0 Å². The van der Waals surface area contributed by atoms with Crippen LogP contribution in [0.15, 0.2) is 18.2 Å². The second-order valence-corrected chi connectivity index (χ2v) is 4.70. The number of rotatable bonds is 9. The van der Waals surface area contributed by atoms with E-state index in [1.807, 2.05) is 25.1 Å². The zero-order valence-electron chi connectivity index (χ0n) is 12.1. The van der Waals surface area contributed by atoms with Crippen molar-refractivity contribution in [2.75, 3.05) is 27.4 Å². The van der Waals surface area contributed by atoms with Gasteiger partial charge in [-0.3, -0.25) is 0 Å². The molecule has 0 spiro atoms. The molecule has 1 unspecified atom stereocenters. The van der Waals surface area contributed by atoms with Crippen molar-refractivity contribution >= 4 is 0 Å². The minimum absolute atomic E-state index is 0.1000. The molecule has 0 heterocycles. The molecule has 0 saturated carbocycles. The number of benzene rings is 1. The van der Waals surface area contributed by atoms with Crippen LogP contribution in [-0.4, -0.2) is 33.5 Å². The van der Waals surface area contributed by atoms with Gasteiger partial charge in [0, 0.05) is 19.8 Å². The van der Waals surface area contributed by atoms with E-state index < -0.39 is 0 Å². The van der Waals surface area contributed by atoms with Crippen LogP contribution in [-0.2, 0) is 11.2 Å². The van der Waals surface area contributed by atoms with Crippen molar-refractivity contribution in [2.45, 2.75) is 32.2 Å². The molecule has 0 aliphatic heterocycles. The van der Waals surface area contributed by atoms with Crippen molar-refractivity contribution in [3.8, 4) is 11.5 Å². The smallest absolute Gasteiger partial charge is 0.122 e. The number of ether oxygens (including phenoxy) is 3. The number of methoxy groups -OCH3 is 2. The predicted molar refractivity (Wildman–Crippen MR) is 77.0 cm³/mol. The first kappa shape index (κ1) is 15.8. The Hall–Kier alpha value is -1.26.